The highest BCUT2D eigenvalue weighted by molar-refractivity contribution is 5.82. The van der Waals surface area contributed by atoms with Crippen molar-refractivity contribution >= 4 is 5.91 Å². The van der Waals surface area contributed by atoms with E-state index >= 15 is 4.39 Å². The summed E-state index contributed by atoms with van der Waals surface area (Å²) in [4.78, 5) is 11.5. The number of rotatable bonds is 7. The van der Waals surface area contributed by atoms with E-state index in [4.69, 9.17) is 14.2 Å². The number of ether oxygens (including phenoxy) is 3. The molecule has 2 aromatic rings. The number of hydrogen-bond acceptors (Lipinski definition) is 4. The maximum Gasteiger partial charge on any atom is 0.471 e. The van der Waals surface area contributed by atoms with E-state index in [-0.39, 0.29) is 13.2 Å². The molecule has 5 nitrogen and oxygen atoms in total. The van der Waals surface area contributed by atoms with E-state index in [9.17, 15) is 18.0 Å². The zero-order valence-electron chi connectivity index (χ0n) is 16.7. The van der Waals surface area contributed by atoms with Crippen molar-refractivity contribution in [3.05, 3.63) is 71.8 Å². The van der Waals surface area contributed by atoms with Crippen LogP contribution < -0.4 is 5.32 Å². The van der Waals surface area contributed by atoms with Crippen LogP contribution >= 0.6 is 0 Å². The molecule has 3 rings (SSSR count). The van der Waals surface area contributed by atoms with Crippen molar-refractivity contribution in [3.8, 4) is 0 Å². The van der Waals surface area contributed by atoms with Gasteiger partial charge in [0, 0.05) is 0 Å². The van der Waals surface area contributed by atoms with Gasteiger partial charge in [0.1, 0.15) is 6.10 Å². The average Bonchev–Trinajstić information content (AvgIpc) is 2.75. The summed E-state index contributed by atoms with van der Waals surface area (Å²) < 4.78 is 70.3. The number of benzene rings is 2. The van der Waals surface area contributed by atoms with Crippen LogP contribution in [0.5, 0.6) is 0 Å². The molecule has 5 unspecified atom stereocenters. The van der Waals surface area contributed by atoms with Crippen LogP contribution in [0, 0.1) is 0 Å². The molecule has 0 radical (unpaired) electrons. The Morgan fingerprint density at radius 1 is 0.968 bits per heavy atom. The van der Waals surface area contributed by atoms with Gasteiger partial charge in [-0.15, -0.1) is 0 Å². The van der Waals surface area contributed by atoms with Gasteiger partial charge in [-0.2, -0.15) is 13.2 Å². The molecule has 1 aliphatic heterocycles. The molecule has 1 amide bonds. The van der Waals surface area contributed by atoms with Gasteiger partial charge in [0.05, 0.1) is 25.4 Å². The summed E-state index contributed by atoms with van der Waals surface area (Å²) in [6, 6.07) is 16.4. The first-order chi connectivity index (χ1) is 14.8. The topological polar surface area (TPSA) is 56.8 Å². The molecule has 1 N–H and O–H groups in total. The van der Waals surface area contributed by atoms with Gasteiger partial charge < -0.3 is 19.5 Å². The second-order valence-corrected chi connectivity index (χ2v) is 7.21. The monoisotopic (exact) mass is 441 g/mol. The lowest BCUT2D eigenvalue weighted by Crippen LogP contribution is -2.64. The second-order valence-electron chi connectivity index (χ2n) is 7.21. The number of nitrogens with one attached hydrogen (secondary N) is 1. The summed E-state index contributed by atoms with van der Waals surface area (Å²) in [6.45, 7) is 1.43. The predicted molar refractivity (Wildman–Crippen MR) is 103 cm³/mol. The van der Waals surface area contributed by atoms with Crippen LogP contribution in [-0.2, 0) is 32.2 Å². The number of halogens is 4. The largest absolute Gasteiger partial charge is 0.471 e. The molecule has 1 heterocycles. The summed E-state index contributed by atoms with van der Waals surface area (Å²) in [5.74, 6) is -2.18. The number of carbonyl (C=O) groups is 1. The van der Waals surface area contributed by atoms with E-state index in [1.807, 2.05) is 11.4 Å². The van der Waals surface area contributed by atoms with Gasteiger partial charge in [0.25, 0.3) is 0 Å². The fourth-order valence-corrected chi connectivity index (χ4v) is 3.27. The molecule has 1 fully saturated rings. The van der Waals surface area contributed by atoms with E-state index in [0.29, 0.717) is 5.56 Å². The van der Waals surface area contributed by atoms with Crippen molar-refractivity contribution in [1.82, 2.24) is 5.32 Å². The molecule has 9 heteroatoms. The van der Waals surface area contributed by atoms with Crippen LogP contribution in [0.2, 0.25) is 0 Å². The van der Waals surface area contributed by atoms with Gasteiger partial charge in [-0.3, -0.25) is 4.79 Å². The Kier molecular flexibility index (Phi) is 7.64. The van der Waals surface area contributed by atoms with Gasteiger partial charge in [-0.1, -0.05) is 60.7 Å². The van der Waals surface area contributed by atoms with Gasteiger partial charge in [-0.05, 0) is 18.1 Å². The minimum absolute atomic E-state index is 0.0453. The zero-order valence-corrected chi connectivity index (χ0v) is 16.7. The molecule has 0 saturated carbocycles. The van der Waals surface area contributed by atoms with Crippen molar-refractivity contribution in [2.45, 2.75) is 57.0 Å². The van der Waals surface area contributed by atoms with E-state index in [0.717, 1.165) is 5.56 Å². The molecular formula is C22H23F4NO4. The number of carbonyl (C=O) groups excluding carboxylic acids is 1. The highest BCUT2D eigenvalue weighted by Gasteiger charge is 2.49. The lowest BCUT2D eigenvalue weighted by atomic mass is 9.97. The first-order valence-corrected chi connectivity index (χ1v) is 9.74. The van der Waals surface area contributed by atoms with E-state index in [1.165, 1.54) is 6.92 Å². The summed E-state index contributed by atoms with van der Waals surface area (Å²) in [5.41, 5.74) is 1.48. The Bertz CT molecular complexity index is 834. The number of amides is 1. The van der Waals surface area contributed by atoms with E-state index in [2.05, 4.69) is 0 Å². The van der Waals surface area contributed by atoms with Crippen LogP contribution in [0.25, 0.3) is 0 Å². The Morgan fingerprint density at radius 2 is 1.48 bits per heavy atom. The van der Waals surface area contributed by atoms with E-state index < -0.39 is 42.8 Å². The smallest absolute Gasteiger partial charge is 0.368 e. The summed E-state index contributed by atoms with van der Waals surface area (Å²) in [5, 5.41) is 1.81. The average molecular weight is 441 g/mol. The highest BCUT2D eigenvalue weighted by atomic mass is 19.4. The third kappa shape index (κ3) is 6.25. The maximum atomic E-state index is 15.3. The molecule has 1 saturated heterocycles. The van der Waals surface area contributed by atoms with E-state index in [1.54, 1.807) is 54.6 Å². The van der Waals surface area contributed by atoms with Gasteiger partial charge in [0.2, 0.25) is 0 Å². The van der Waals surface area contributed by atoms with Crippen molar-refractivity contribution in [2.24, 2.45) is 0 Å². The first kappa shape index (κ1) is 23.2. The molecule has 0 spiro atoms. The van der Waals surface area contributed by atoms with Crippen molar-refractivity contribution in [3.63, 3.8) is 0 Å². The standard InChI is InChI=1S/C22H23F4NO4/c1-14-18(27-21(28)22(24,25)26)19(29-12-15-8-4-2-5-9-15)17(23)20(31-14)30-13-16-10-6-3-7-11-16/h2-11,14,17-20H,12-13H2,1H3,(H,27,28). The van der Waals surface area contributed by atoms with Crippen LogP contribution in [0.3, 0.4) is 0 Å². The molecule has 0 bridgehead atoms. The first-order valence-electron chi connectivity index (χ1n) is 9.74. The Labute approximate surface area is 177 Å². The Morgan fingerprint density at radius 3 is 2.00 bits per heavy atom. The zero-order chi connectivity index (χ0) is 22.4. The Hall–Kier alpha value is -2.49. The SMILES string of the molecule is CC1OC(OCc2ccccc2)C(F)C(OCc2ccccc2)C1NC(=O)C(F)(F)F. The highest BCUT2D eigenvalue weighted by Crippen LogP contribution is 2.29. The van der Waals surface area contributed by atoms with Crippen LogP contribution in [0.15, 0.2) is 60.7 Å². The Balaban J connectivity index is 1.74. The van der Waals surface area contributed by atoms with Crippen molar-refractivity contribution < 1.29 is 36.6 Å². The normalized spacial score (nSPS) is 26.4. The minimum atomic E-state index is -5.11. The van der Waals surface area contributed by atoms with Gasteiger partial charge in [-0.25, -0.2) is 4.39 Å². The molecular weight excluding hydrogens is 418 g/mol. The lowest BCUT2D eigenvalue weighted by molar-refractivity contribution is -0.268. The molecule has 2 aromatic carbocycles. The molecule has 168 valence electrons. The molecule has 1 aliphatic rings. The van der Waals surface area contributed by atoms with Crippen LogP contribution in [-0.4, -0.2) is 42.8 Å². The minimum Gasteiger partial charge on any atom is -0.368 e. The number of hydrogen-bond donors (Lipinski definition) is 1. The molecule has 5 atom stereocenters. The molecule has 0 aromatic heterocycles. The molecule has 31 heavy (non-hydrogen) atoms. The predicted octanol–water partition coefficient (Wildman–Crippen LogP) is 3.92. The van der Waals surface area contributed by atoms with Crippen LogP contribution in [0.4, 0.5) is 17.6 Å². The quantitative estimate of drug-likeness (QED) is 0.662. The van der Waals surface area contributed by atoms with Crippen molar-refractivity contribution in [1.29, 1.82) is 0 Å². The third-order valence-corrected chi connectivity index (χ3v) is 4.88. The fraction of sp³-hybridized carbons (Fsp3) is 0.409. The third-order valence-electron chi connectivity index (χ3n) is 4.88. The number of alkyl halides is 4. The summed E-state index contributed by atoms with van der Waals surface area (Å²) >= 11 is 0. The maximum absolute atomic E-state index is 15.3. The summed E-state index contributed by atoms with van der Waals surface area (Å²) in [6.07, 6.45) is -10.8. The lowest BCUT2D eigenvalue weighted by Gasteiger charge is -2.42. The fourth-order valence-electron chi connectivity index (χ4n) is 3.27. The van der Waals surface area contributed by atoms with Gasteiger partial charge in [0.15, 0.2) is 12.5 Å². The van der Waals surface area contributed by atoms with Crippen molar-refractivity contribution in [2.75, 3.05) is 0 Å². The van der Waals surface area contributed by atoms with Crippen LogP contribution in [0.1, 0.15) is 18.1 Å². The second kappa shape index (κ2) is 10.2. The molecule has 0 aliphatic carbocycles. The summed E-state index contributed by atoms with van der Waals surface area (Å²) in [7, 11) is 0. The van der Waals surface area contributed by atoms with Gasteiger partial charge >= 0.3 is 12.1 Å².